The summed E-state index contributed by atoms with van der Waals surface area (Å²) in [5.74, 6) is 0.0604. The molecule has 5 nitrogen and oxygen atoms in total. The van der Waals surface area contributed by atoms with E-state index in [-0.39, 0.29) is 0 Å². The van der Waals surface area contributed by atoms with Crippen LogP contribution in [-0.2, 0) is 17.6 Å². The molecular weight excluding hydrogens is 268 g/mol. The highest BCUT2D eigenvalue weighted by atomic mass is 16.5. The van der Waals surface area contributed by atoms with Crippen molar-refractivity contribution in [2.75, 3.05) is 25.1 Å². The van der Waals surface area contributed by atoms with Crippen molar-refractivity contribution in [3.05, 3.63) is 22.9 Å². The minimum Gasteiger partial charge on any atom is -0.478 e. The van der Waals surface area contributed by atoms with Gasteiger partial charge >= 0.3 is 5.97 Å². The fourth-order valence-corrected chi connectivity index (χ4v) is 3.14. The van der Waals surface area contributed by atoms with Gasteiger partial charge in [0.25, 0.3) is 0 Å². The van der Waals surface area contributed by atoms with E-state index in [2.05, 4.69) is 10.3 Å². The molecule has 2 N–H and O–H groups in total. The number of ether oxygens (including phenoxy) is 1. The molecule has 1 aliphatic heterocycles. The second-order valence-electron chi connectivity index (χ2n) is 5.97. The van der Waals surface area contributed by atoms with Gasteiger partial charge in [0.05, 0.1) is 6.61 Å². The van der Waals surface area contributed by atoms with E-state index in [9.17, 15) is 9.90 Å². The topological polar surface area (TPSA) is 71.5 Å². The second-order valence-corrected chi connectivity index (χ2v) is 5.97. The molecule has 0 amide bonds. The zero-order valence-electron chi connectivity index (χ0n) is 12.2. The van der Waals surface area contributed by atoms with Gasteiger partial charge < -0.3 is 15.2 Å². The summed E-state index contributed by atoms with van der Waals surface area (Å²) >= 11 is 0. The third-order valence-corrected chi connectivity index (χ3v) is 4.34. The van der Waals surface area contributed by atoms with Crippen molar-refractivity contribution in [2.45, 2.75) is 38.5 Å². The fraction of sp³-hybridized carbons (Fsp3) is 0.625. The van der Waals surface area contributed by atoms with Gasteiger partial charge in [0.1, 0.15) is 11.4 Å². The molecule has 1 aliphatic carbocycles. The summed E-state index contributed by atoms with van der Waals surface area (Å²) in [5, 5.41) is 12.6. The molecule has 1 atom stereocenters. The Morgan fingerprint density at radius 1 is 1.38 bits per heavy atom. The highest BCUT2D eigenvalue weighted by molar-refractivity contribution is 5.93. The van der Waals surface area contributed by atoms with Gasteiger partial charge in [0.15, 0.2) is 0 Å². The highest BCUT2D eigenvalue weighted by Crippen LogP contribution is 2.25. The van der Waals surface area contributed by atoms with E-state index >= 15 is 0 Å². The normalized spacial score (nSPS) is 21.6. The molecule has 1 aromatic rings. The van der Waals surface area contributed by atoms with Crippen molar-refractivity contribution in [2.24, 2.45) is 5.92 Å². The smallest absolute Gasteiger partial charge is 0.339 e. The molecular formula is C16H22N2O3. The number of carboxylic acids is 1. The summed E-state index contributed by atoms with van der Waals surface area (Å²) in [5.41, 5.74) is 2.46. The molecule has 0 saturated carbocycles. The van der Waals surface area contributed by atoms with Gasteiger partial charge in [-0.1, -0.05) is 0 Å². The van der Waals surface area contributed by atoms with E-state index in [1.807, 2.05) is 6.07 Å². The Morgan fingerprint density at radius 3 is 3.00 bits per heavy atom. The maximum Gasteiger partial charge on any atom is 0.339 e. The molecule has 114 valence electrons. The molecule has 0 aromatic carbocycles. The Hall–Kier alpha value is -1.62. The van der Waals surface area contributed by atoms with Crippen molar-refractivity contribution in [3.63, 3.8) is 0 Å². The Balaban J connectivity index is 1.77. The van der Waals surface area contributed by atoms with Crippen LogP contribution in [0.15, 0.2) is 6.07 Å². The van der Waals surface area contributed by atoms with Gasteiger partial charge in [0, 0.05) is 18.8 Å². The molecule has 1 unspecified atom stereocenters. The lowest BCUT2D eigenvalue weighted by Crippen LogP contribution is -2.25. The Bertz CT molecular complexity index is 524. The first-order valence-corrected chi connectivity index (χ1v) is 7.82. The molecule has 5 heteroatoms. The Morgan fingerprint density at radius 2 is 2.24 bits per heavy atom. The first-order valence-electron chi connectivity index (χ1n) is 7.82. The molecule has 21 heavy (non-hydrogen) atoms. The average Bonchev–Trinajstić information content (AvgIpc) is 2.53. The Kier molecular flexibility index (Phi) is 4.39. The number of nitrogens with one attached hydrogen (secondary N) is 1. The van der Waals surface area contributed by atoms with E-state index in [4.69, 9.17) is 4.74 Å². The predicted molar refractivity (Wildman–Crippen MR) is 79.9 cm³/mol. The summed E-state index contributed by atoms with van der Waals surface area (Å²) in [7, 11) is 0. The highest BCUT2D eigenvalue weighted by Gasteiger charge is 2.20. The van der Waals surface area contributed by atoms with Crippen molar-refractivity contribution >= 4 is 11.8 Å². The summed E-state index contributed by atoms with van der Waals surface area (Å²) in [6.45, 7) is 2.32. The van der Waals surface area contributed by atoms with Crippen molar-refractivity contribution in [1.82, 2.24) is 4.98 Å². The number of nitrogens with zero attached hydrogens (tertiary/aromatic N) is 1. The molecule has 0 spiro atoms. The summed E-state index contributed by atoms with van der Waals surface area (Å²) in [6.07, 6.45) is 6.37. The van der Waals surface area contributed by atoms with Gasteiger partial charge in [-0.15, -0.1) is 0 Å². The van der Waals surface area contributed by atoms with Crippen LogP contribution in [0.1, 0.15) is 47.3 Å². The van der Waals surface area contributed by atoms with Gasteiger partial charge in [-0.2, -0.15) is 0 Å². The van der Waals surface area contributed by atoms with Crippen LogP contribution in [0.5, 0.6) is 0 Å². The maximum absolute atomic E-state index is 11.5. The fourth-order valence-electron chi connectivity index (χ4n) is 3.14. The minimum atomic E-state index is -0.904. The van der Waals surface area contributed by atoms with Crippen molar-refractivity contribution in [1.29, 1.82) is 0 Å². The minimum absolute atomic E-state index is 0.298. The number of rotatable bonds is 4. The lowest BCUT2D eigenvalue weighted by molar-refractivity contribution is 0.0594. The summed E-state index contributed by atoms with van der Waals surface area (Å²) in [4.78, 5) is 16.0. The van der Waals surface area contributed by atoms with Crippen LogP contribution >= 0.6 is 0 Å². The number of hydrogen-bond donors (Lipinski definition) is 2. The van der Waals surface area contributed by atoms with E-state index in [0.29, 0.717) is 17.3 Å². The zero-order valence-corrected chi connectivity index (χ0v) is 12.2. The van der Waals surface area contributed by atoms with Gasteiger partial charge in [0.2, 0.25) is 0 Å². The molecule has 2 aliphatic rings. The first-order chi connectivity index (χ1) is 10.2. The number of aromatic nitrogens is 1. The first kappa shape index (κ1) is 14.3. The largest absolute Gasteiger partial charge is 0.478 e. The number of aryl methyl sites for hydroxylation is 2. The molecule has 3 rings (SSSR count). The quantitative estimate of drug-likeness (QED) is 0.891. The van der Waals surface area contributed by atoms with Crippen LogP contribution in [0.4, 0.5) is 5.82 Å². The number of carboxylic acid groups (broad SMARTS) is 1. The number of hydrogen-bond acceptors (Lipinski definition) is 4. The molecule has 1 saturated heterocycles. The number of fused-ring (bicyclic) bond motifs is 1. The summed E-state index contributed by atoms with van der Waals surface area (Å²) in [6, 6.07) is 1.81. The molecule has 0 radical (unpaired) electrons. The average molecular weight is 290 g/mol. The van der Waals surface area contributed by atoms with Crippen LogP contribution in [0, 0.1) is 5.92 Å². The van der Waals surface area contributed by atoms with Crippen LogP contribution in [0.3, 0.4) is 0 Å². The van der Waals surface area contributed by atoms with Crippen molar-refractivity contribution in [3.8, 4) is 0 Å². The van der Waals surface area contributed by atoms with E-state index < -0.39 is 5.97 Å². The second kappa shape index (κ2) is 6.43. The van der Waals surface area contributed by atoms with Crippen LogP contribution in [0.2, 0.25) is 0 Å². The number of aromatic carboxylic acids is 1. The SMILES string of the molecule is O=C(O)c1cc2c(nc1NCC1CCCOC1)CCCC2. The van der Waals surface area contributed by atoms with Crippen LogP contribution < -0.4 is 5.32 Å². The molecule has 1 aromatic heterocycles. The standard InChI is InChI=1S/C16H22N2O3/c19-16(20)13-8-12-5-1-2-6-14(12)18-15(13)17-9-11-4-3-7-21-10-11/h8,11H,1-7,9-10H2,(H,17,18)(H,19,20). The van der Waals surface area contributed by atoms with Crippen LogP contribution in [0.25, 0.3) is 0 Å². The van der Waals surface area contributed by atoms with Crippen LogP contribution in [-0.4, -0.2) is 35.8 Å². The van der Waals surface area contributed by atoms with Crippen molar-refractivity contribution < 1.29 is 14.6 Å². The number of carbonyl (C=O) groups is 1. The lowest BCUT2D eigenvalue weighted by Gasteiger charge is -2.23. The van der Waals surface area contributed by atoms with E-state index in [1.165, 1.54) is 0 Å². The molecule has 1 fully saturated rings. The summed E-state index contributed by atoms with van der Waals surface area (Å²) < 4.78 is 5.46. The van der Waals surface area contributed by atoms with E-state index in [1.54, 1.807) is 0 Å². The number of anilines is 1. The van der Waals surface area contributed by atoms with Gasteiger partial charge in [-0.25, -0.2) is 9.78 Å². The van der Waals surface area contributed by atoms with E-state index in [0.717, 1.165) is 69.5 Å². The Labute approximate surface area is 124 Å². The van der Waals surface area contributed by atoms with Gasteiger partial charge in [-0.3, -0.25) is 0 Å². The third kappa shape index (κ3) is 3.35. The monoisotopic (exact) mass is 290 g/mol. The third-order valence-electron chi connectivity index (χ3n) is 4.34. The molecule has 2 heterocycles. The molecule has 0 bridgehead atoms. The lowest BCUT2D eigenvalue weighted by atomic mass is 9.94. The predicted octanol–water partition coefficient (Wildman–Crippen LogP) is 2.50. The number of pyridine rings is 1. The zero-order chi connectivity index (χ0) is 14.7. The van der Waals surface area contributed by atoms with Gasteiger partial charge in [-0.05, 0) is 56.1 Å². The maximum atomic E-state index is 11.5.